The molecule has 26 heavy (non-hydrogen) atoms. The Kier molecular flexibility index (Phi) is 6.43. The van der Waals surface area contributed by atoms with Crippen LogP contribution in [0.1, 0.15) is 20.7 Å². The van der Waals surface area contributed by atoms with Crippen molar-refractivity contribution in [2.45, 2.75) is 0 Å². The molecule has 2 aromatic rings. The topological polar surface area (TPSA) is 80.3 Å². The van der Waals surface area contributed by atoms with Crippen molar-refractivity contribution in [1.29, 1.82) is 0 Å². The Morgan fingerprint density at radius 1 is 0.731 bits per heavy atom. The highest BCUT2D eigenvalue weighted by atomic mass is 16.5. The Morgan fingerprint density at radius 3 is 1.92 bits per heavy atom. The molecule has 0 N–H and O–H groups in total. The number of methoxy groups -OCH3 is 4. The maximum atomic E-state index is 12.4. The molecule has 138 valence electrons. The second-order valence-electron chi connectivity index (χ2n) is 5.11. The van der Waals surface area contributed by atoms with Gasteiger partial charge < -0.3 is 23.7 Å². The average molecular weight is 360 g/mol. The number of benzene rings is 2. The lowest BCUT2D eigenvalue weighted by Crippen LogP contribution is -2.16. The first kappa shape index (κ1) is 19.1. The molecule has 2 aromatic carbocycles. The monoisotopic (exact) mass is 360 g/mol. The fourth-order valence-corrected chi connectivity index (χ4v) is 2.35. The van der Waals surface area contributed by atoms with Crippen LogP contribution in [0.4, 0.5) is 0 Å². The molecule has 0 aliphatic carbocycles. The molecule has 0 bridgehead atoms. The maximum Gasteiger partial charge on any atom is 0.342 e. The summed E-state index contributed by atoms with van der Waals surface area (Å²) in [6, 6.07) is 9.66. The van der Waals surface area contributed by atoms with Crippen LogP contribution in [-0.2, 0) is 4.74 Å². The first-order chi connectivity index (χ1) is 12.5. The number of carbonyl (C=O) groups excluding carboxylic acids is 2. The molecular formula is C19H20O7. The first-order valence-corrected chi connectivity index (χ1v) is 7.69. The molecule has 0 heterocycles. The van der Waals surface area contributed by atoms with Gasteiger partial charge in [-0.05, 0) is 12.1 Å². The molecule has 0 saturated carbocycles. The molecular weight excluding hydrogens is 340 g/mol. The Balaban J connectivity index is 2.18. The van der Waals surface area contributed by atoms with E-state index in [4.69, 9.17) is 23.7 Å². The molecule has 0 amide bonds. The van der Waals surface area contributed by atoms with Gasteiger partial charge in [0.15, 0.2) is 18.1 Å². The van der Waals surface area contributed by atoms with Crippen LogP contribution >= 0.6 is 0 Å². The average Bonchev–Trinajstić information content (AvgIpc) is 2.70. The summed E-state index contributed by atoms with van der Waals surface area (Å²) in [7, 11) is 5.80. The summed E-state index contributed by atoms with van der Waals surface area (Å²) in [6.07, 6.45) is 0. The number of para-hydroxylation sites is 1. The molecule has 0 aliphatic rings. The number of ketones is 1. The standard InChI is InChI=1S/C19H20O7/c1-22-15-8-6-5-7-12(15)14(20)11-26-19(21)13-9-17(24-3)18(25-4)10-16(13)23-2/h5-10H,11H2,1-4H3. The van der Waals surface area contributed by atoms with Gasteiger partial charge in [-0.15, -0.1) is 0 Å². The van der Waals surface area contributed by atoms with Gasteiger partial charge in [-0.25, -0.2) is 4.79 Å². The van der Waals surface area contributed by atoms with Crippen molar-refractivity contribution in [2.75, 3.05) is 35.0 Å². The van der Waals surface area contributed by atoms with E-state index in [1.54, 1.807) is 24.3 Å². The van der Waals surface area contributed by atoms with Crippen molar-refractivity contribution in [1.82, 2.24) is 0 Å². The Morgan fingerprint density at radius 2 is 1.31 bits per heavy atom. The summed E-state index contributed by atoms with van der Waals surface area (Å²) in [5.74, 6) is 0.318. The van der Waals surface area contributed by atoms with Crippen LogP contribution in [0.3, 0.4) is 0 Å². The van der Waals surface area contributed by atoms with Gasteiger partial charge in [-0.2, -0.15) is 0 Å². The minimum Gasteiger partial charge on any atom is -0.496 e. The van der Waals surface area contributed by atoms with Gasteiger partial charge in [0.05, 0.1) is 34.0 Å². The van der Waals surface area contributed by atoms with E-state index in [0.29, 0.717) is 22.8 Å². The van der Waals surface area contributed by atoms with E-state index in [0.717, 1.165) is 0 Å². The van der Waals surface area contributed by atoms with E-state index in [-0.39, 0.29) is 17.1 Å². The summed E-state index contributed by atoms with van der Waals surface area (Å²) >= 11 is 0. The molecule has 0 saturated heterocycles. The third-order valence-electron chi connectivity index (χ3n) is 3.67. The number of hydrogen-bond acceptors (Lipinski definition) is 7. The molecule has 7 nitrogen and oxygen atoms in total. The zero-order chi connectivity index (χ0) is 19.1. The van der Waals surface area contributed by atoms with Gasteiger partial charge in [-0.3, -0.25) is 4.79 Å². The van der Waals surface area contributed by atoms with E-state index in [2.05, 4.69) is 0 Å². The number of esters is 1. The van der Waals surface area contributed by atoms with Crippen LogP contribution in [-0.4, -0.2) is 46.8 Å². The molecule has 0 unspecified atom stereocenters. The molecule has 0 fully saturated rings. The van der Waals surface area contributed by atoms with Gasteiger partial charge in [0, 0.05) is 12.1 Å². The molecule has 0 aliphatic heterocycles. The molecule has 2 rings (SSSR count). The first-order valence-electron chi connectivity index (χ1n) is 7.69. The van der Waals surface area contributed by atoms with Crippen LogP contribution < -0.4 is 18.9 Å². The van der Waals surface area contributed by atoms with Crippen molar-refractivity contribution in [2.24, 2.45) is 0 Å². The summed E-state index contributed by atoms with van der Waals surface area (Å²) in [5.41, 5.74) is 0.458. The van der Waals surface area contributed by atoms with Crippen molar-refractivity contribution < 1.29 is 33.3 Å². The molecule has 0 radical (unpaired) electrons. The Labute approximate surface area is 151 Å². The number of hydrogen-bond donors (Lipinski definition) is 0. The molecule has 0 spiro atoms. The summed E-state index contributed by atoms with van der Waals surface area (Å²) in [5, 5.41) is 0. The summed E-state index contributed by atoms with van der Waals surface area (Å²) < 4.78 is 25.8. The quantitative estimate of drug-likeness (QED) is 0.529. The minimum atomic E-state index is -0.717. The van der Waals surface area contributed by atoms with E-state index >= 15 is 0 Å². The third kappa shape index (κ3) is 4.05. The van der Waals surface area contributed by atoms with E-state index in [1.807, 2.05) is 0 Å². The highest BCUT2D eigenvalue weighted by Crippen LogP contribution is 2.35. The smallest absolute Gasteiger partial charge is 0.342 e. The zero-order valence-corrected chi connectivity index (χ0v) is 15.0. The lowest BCUT2D eigenvalue weighted by molar-refractivity contribution is 0.0470. The zero-order valence-electron chi connectivity index (χ0n) is 15.0. The highest BCUT2D eigenvalue weighted by molar-refractivity contribution is 6.02. The number of Topliss-reactive ketones (excluding diaryl/α,β-unsaturated/α-hetero) is 1. The lowest BCUT2D eigenvalue weighted by Gasteiger charge is -2.13. The Hall–Kier alpha value is -3.22. The van der Waals surface area contributed by atoms with Gasteiger partial charge in [0.25, 0.3) is 0 Å². The van der Waals surface area contributed by atoms with E-state index in [9.17, 15) is 9.59 Å². The predicted molar refractivity (Wildman–Crippen MR) is 93.7 cm³/mol. The van der Waals surface area contributed by atoms with Crippen LogP contribution in [0.25, 0.3) is 0 Å². The van der Waals surface area contributed by atoms with Crippen molar-refractivity contribution in [3.8, 4) is 23.0 Å². The van der Waals surface area contributed by atoms with Gasteiger partial charge in [-0.1, -0.05) is 12.1 Å². The summed E-state index contributed by atoms with van der Waals surface area (Å²) in [6.45, 7) is -0.434. The predicted octanol–water partition coefficient (Wildman–Crippen LogP) is 2.76. The fraction of sp³-hybridized carbons (Fsp3) is 0.263. The van der Waals surface area contributed by atoms with Gasteiger partial charge in [0.1, 0.15) is 17.1 Å². The van der Waals surface area contributed by atoms with Crippen LogP contribution in [0.15, 0.2) is 36.4 Å². The SMILES string of the molecule is COc1cc(OC)c(C(=O)OCC(=O)c2ccccc2OC)cc1OC. The maximum absolute atomic E-state index is 12.4. The number of carbonyl (C=O) groups is 2. The number of ether oxygens (including phenoxy) is 5. The normalized spacial score (nSPS) is 10.0. The second kappa shape index (κ2) is 8.75. The fourth-order valence-electron chi connectivity index (χ4n) is 2.35. The van der Waals surface area contributed by atoms with E-state index in [1.165, 1.54) is 40.6 Å². The minimum absolute atomic E-state index is 0.123. The van der Waals surface area contributed by atoms with Gasteiger partial charge >= 0.3 is 5.97 Å². The Bertz CT molecular complexity index is 798. The lowest BCUT2D eigenvalue weighted by atomic mass is 10.1. The summed E-state index contributed by atoms with van der Waals surface area (Å²) in [4.78, 5) is 24.7. The van der Waals surface area contributed by atoms with Crippen molar-refractivity contribution in [3.05, 3.63) is 47.5 Å². The second-order valence-corrected chi connectivity index (χ2v) is 5.11. The highest BCUT2D eigenvalue weighted by Gasteiger charge is 2.21. The van der Waals surface area contributed by atoms with Crippen LogP contribution in [0.2, 0.25) is 0 Å². The third-order valence-corrected chi connectivity index (χ3v) is 3.67. The number of rotatable bonds is 8. The van der Waals surface area contributed by atoms with Crippen LogP contribution in [0.5, 0.6) is 23.0 Å². The largest absolute Gasteiger partial charge is 0.496 e. The van der Waals surface area contributed by atoms with E-state index < -0.39 is 12.6 Å². The van der Waals surface area contributed by atoms with Gasteiger partial charge in [0.2, 0.25) is 5.78 Å². The molecule has 0 aromatic heterocycles. The molecule has 7 heteroatoms. The van der Waals surface area contributed by atoms with Crippen molar-refractivity contribution >= 4 is 11.8 Å². The van der Waals surface area contributed by atoms with Crippen molar-refractivity contribution in [3.63, 3.8) is 0 Å². The van der Waals surface area contributed by atoms with Crippen LogP contribution in [0, 0.1) is 0 Å². The molecule has 0 atom stereocenters.